The van der Waals surface area contributed by atoms with E-state index in [9.17, 15) is 9.90 Å². The Morgan fingerprint density at radius 1 is 1.46 bits per heavy atom. The van der Waals surface area contributed by atoms with E-state index in [1.54, 1.807) is 21.8 Å². The van der Waals surface area contributed by atoms with Crippen molar-refractivity contribution in [2.24, 2.45) is 11.8 Å². The summed E-state index contributed by atoms with van der Waals surface area (Å²) in [6, 6.07) is 7.23. The molecule has 0 radical (unpaired) electrons. The maximum absolute atomic E-state index is 12.4. The molecule has 2 N–H and O–H groups in total. The molecule has 6 nitrogen and oxygen atoms in total. The maximum Gasteiger partial charge on any atom is 0.321 e. The molecular weight excluding hydrogens is 328 g/mol. The molecule has 0 aliphatic carbocycles. The van der Waals surface area contributed by atoms with Crippen molar-refractivity contribution >= 4 is 23.3 Å². The molecule has 3 rings (SSSR count). The van der Waals surface area contributed by atoms with Crippen molar-refractivity contribution in [2.45, 2.75) is 13.8 Å². The Hall–Kier alpha value is -2.05. The van der Waals surface area contributed by atoms with Crippen LogP contribution in [-0.2, 0) is 0 Å². The lowest BCUT2D eigenvalue weighted by Crippen LogP contribution is -2.33. The van der Waals surface area contributed by atoms with Crippen LogP contribution in [0.5, 0.6) is 0 Å². The smallest absolute Gasteiger partial charge is 0.321 e. The molecular formula is C17H21ClN4O2. The average molecular weight is 349 g/mol. The predicted octanol–water partition coefficient (Wildman–Crippen LogP) is 2.93. The number of hydrogen-bond donors (Lipinski definition) is 2. The highest BCUT2D eigenvalue weighted by atomic mass is 35.5. The van der Waals surface area contributed by atoms with Crippen LogP contribution in [0.15, 0.2) is 30.5 Å². The van der Waals surface area contributed by atoms with Crippen molar-refractivity contribution in [3.05, 3.63) is 41.2 Å². The van der Waals surface area contributed by atoms with Crippen molar-refractivity contribution in [1.29, 1.82) is 0 Å². The molecule has 1 aliphatic heterocycles. The van der Waals surface area contributed by atoms with Crippen LogP contribution in [0, 0.1) is 18.8 Å². The molecule has 0 saturated carbocycles. The number of hydrogen-bond acceptors (Lipinski definition) is 3. The van der Waals surface area contributed by atoms with Crippen molar-refractivity contribution in [1.82, 2.24) is 14.7 Å². The number of benzene rings is 1. The number of aliphatic hydroxyl groups excluding tert-OH is 1. The van der Waals surface area contributed by atoms with Crippen LogP contribution in [0.2, 0.25) is 5.02 Å². The monoisotopic (exact) mass is 348 g/mol. The molecule has 2 atom stereocenters. The molecule has 1 saturated heterocycles. The quantitative estimate of drug-likeness (QED) is 0.896. The third-order valence-corrected chi connectivity index (χ3v) is 4.83. The average Bonchev–Trinajstić information content (AvgIpc) is 3.11. The molecule has 1 aliphatic rings. The predicted molar refractivity (Wildman–Crippen MR) is 93.6 cm³/mol. The van der Waals surface area contributed by atoms with E-state index in [2.05, 4.69) is 17.3 Å². The van der Waals surface area contributed by atoms with E-state index in [0.29, 0.717) is 29.7 Å². The van der Waals surface area contributed by atoms with Crippen molar-refractivity contribution < 1.29 is 9.90 Å². The first-order valence-electron chi connectivity index (χ1n) is 7.97. The van der Waals surface area contributed by atoms with Crippen LogP contribution in [0.4, 0.5) is 10.5 Å². The van der Waals surface area contributed by atoms with Crippen molar-refractivity contribution in [3.63, 3.8) is 0 Å². The summed E-state index contributed by atoms with van der Waals surface area (Å²) in [6.07, 6.45) is 1.64. The van der Waals surface area contributed by atoms with Gasteiger partial charge in [0.25, 0.3) is 0 Å². The molecule has 1 aromatic heterocycles. The Balaban J connectivity index is 1.74. The fourth-order valence-electron chi connectivity index (χ4n) is 3.03. The molecule has 1 aromatic carbocycles. The van der Waals surface area contributed by atoms with Gasteiger partial charge >= 0.3 is 6.03 Å². The van der Waals surface area contributed by atoms with E-state index < -0.39 is 0 Å². The molecule has 2 aromatic rings. The van der Waals surface area contributed by atoms with Gasteiger partial charge in [0.2, 0.25) is 0 Å². The number of aliphatic hydroxyl groups is 1. The first-order valence-corrected chi connectivity index (χ1v) is 8.34. The van der Waals surface area contributed by atoms with E-state index >= 15 is 0 Å². The normalized spacial score (nSPS) is 20.4. The summed E-state index contributed by atoms with van der Waals surface area (Å²) in [4.78, 5) is 14.2. The van der Waals surface area contributed by atoms with Crippen molar-refractivity contribution in [3.8, 4) is 5.69 Å². The number of carbonyl (C=O) groups is 1. The number of rotatable bonds is 3. The minimum absolute atomic E-state index is 0.108. The molecule has 7 heteroatoms. The molecule has 2 heterocycles. The van der Waals surface area contributed by atoms with Gasteiger partial charge in [0.1, 0.15) is 0 Å². The number of amides is 2. The number of anilines is 1. The first-order chi connectivity index (χ1) is 11.5. The Labute approximate surface area is 146 Å². The lowest BCUT2D eigenvalue weighted by molar-refractivity contribution is 0.202. The highest BCUT2D eigenvalue weighted by Gasteiger charge is 2.32. The zero-order chi connectivity index (χ0) is 17.3. The minimum atomic E-state index is -0.161. The molecule has 0 bridgehead atoms. The van der Waals surface area contributed by atoms with Crippen LogP contribution in [0.1, 0.15) is 12.6 Å². The van der Waals surface area contributed by atoms with Crippen molar-refractivity contribution in [2.75, 3.05) is 25.0 Å². The first kappa shape index (κ1) is 16.8. The second-order valence-electron chi connectivity index (χ2n) is 6.29. The molecule has 0 spiro atoms. The SMILES string of the molecule is Cc1c(NC(=O)N2C[C@@H](CO)[C@H](C)C2)cnn1-c1cccc(Cl)c1. The van der Waals surface area contributed by atoms with Gasteiger partial charge in [-0.15, -0.1) is 0 Å². The van der Waals surface area contributed by atoms with Crippen LogP contribution in [-0.4, -0.2) is 45.5 Å². The summed E-state index contributed by atoms with van der Waals surface area (Å²) >= 11 is 6.03. The number of likely N-dealkylation sites (tertiary alicyclic amines) is 1. The number of halogens is 1. The van der Waals surface area contributed by atoms with E-state index in [0.717, 1.165) is 11.4 Å². The summed E-state index contributed by atoms with van der Waals surface area (Å²) < 4.78 is 1.74. The molecule has 24 heavy (non-hydrogen) atoms. The van der Waals surface area contributed by atoms with Gasteiger partial charge in [-0.05, 0) is 31.0 Å². The van der Waals surface area contributed by atoms with Crippen LogP contribution in [0.3, 0.4) is 0 Å². The lowest BCUT2D eigenvalue weighted by atomic mass is 10.00. The number of nitrogens with one attached hydrogen (secondary N) is 1. The van der Waals surface area contributed by atoms with E-state index in [1.165, 1.54) is 0 Å². The Bertz CT molecular complexity index is 746. The van der Waals surface area contributed by atoms with E-state index in [4.69, 9.17) is 11.6 Å². The third-order valence-electron chi connectivity index (χ3n) is 4.59. The fourth-order valence-corrected chi connectivity index (χ4v) is 3.22. The lowest BCUT2D eigenvalue weighted by Gasteiger charge is -2.17. The fraction of sp³-hybridized carbons (Fsp3) is 0.412. The standard InChI is InChI=1S/C17H21ClN4O2/c1-11-8-21(9-13(11)10-23)17(24)20-16-7-19-22(12(16)2)15-5-3-4-14(18)6-15/h3-7,11,13,23H,8-10H2,1-2H3,(H,20,24)/t11-,13+/m1/s1. The van der Waals surface area contributed by atoms with Gasteiger partial charge in [-0.3, -0.25) is 0 Å². The molecule has 128 valence electrons. The highest BCUT2D eigenvalue weighted by Crippen LogP contribution is 2.25. The summed E-state index contributed by atoms with van der Waals surface area (Å²) in [5.41, 5.74) is 2.34. The Morgan fingerprint density at radius 3 is 2.92 bits per heavy atom. The Morgan fingerprint density at radius 2 is 2.25 bits per heavy atom. The second-order valence-corrected chi connectivity index (χ2v) is 6.73. The second kappa shape index (κ2) is 6.83. The van der Waals surface area contributed by atoms with Gasteiger partial charge in [0, 0.05) is 30.6 Å². The summed E-state index contributed by atoms with van der Waals surface area (Å²) in [5.74, 6) is 0.446. The van der Waals surface area contributed by atoms with Crippen LogP contribution >= 0.6 is 11.6 Å². The van der Waals surface area contributed by atoms with Gasteiger partial charge in [-0.1, -0.05) is 24.6 Å². The summed E-state index contributed by atoms with van der Waals surface area (Å²) in [5, 5.41) is 17.2. The molecule has 2 amide bonds. The third kappa shape index (κ3) is 3.25. The topological polar surface area (TPSA) is 70.4 Å². The molecule has 1 fully saturated rings. The number of urea groups is 1. The molecule has 0 unspecified atom stereocenters. The number of carbonyl (C=O) groups excluding carboxylic acids is 1. The minimum Gasteiger partial charge on any atom is -0.396 e. The van der Waals surface area contributed by atoms with Gasteiger partial charge in [-0.25, -0.2) is 9.48 Å². The van der Waals surface area contributed by atoms with Gasteiger partial charge in [0.15, 0.2) is 0 Å². The summed E-state index contributed by atoms with van der Waals surface area (Å²) in [7, 11) is 0. The summed E-state index contributed by atoms with van der Waals surface area (Å²) in [6.45, 7) is 5.28. The maximum atomic E-state index is 12.4. The van der Waals surface area contributed by atoms with Gasteiger partial charge < -0.3 is 15.3 Å². The van der Waals surface area contributed by atoms with Gasteiger partial charge in [-0.2, -0.15) is 5.10 Å². The highest BCUT2D eigenvalue weighted by molar-refractivity contribution is 6.30. The van der Waals surface area contributed by atoms with Gasteiger partial charge in [0.05, 0.1) is 23.3 Å². The van der Waals surface area contributed by atoms with Crippen LogP contribution < -0.4 is 5.32 Å². The largest absolute Gasteiger partial charge is 0.396 e. The Kier molecular flexibility index (Phi) is 4.78. The van der Waals surface area contributed by atoms with E-state index in [-0.39, 0.29) is 18.6 Å². The van der Waals surface area contributed by atoms with E-state index in [1.807, 2.05) is 25.1 Å². The van der Waals surface area contributed by atoms with Crippen LogP contribution in [0.25, 0.3) is 5.69 Å². The number of nitrogens with zero attached hydrogens (tertiary/aromatic N) is 3. The number of aromatic nitrogens is 2. The zero-order valence-electron chi connectivity index (χ0n) is 13.7. The zero-order valence-corrected chi connectivity index (χ0v) is 14.5.